The molecule has 27 heavy (non-hydrogen) atoms. The van der Waals surface area contributed by atoms with Crippen molar-refractivity contribution in [2.24, 2.45) is 5.73 Å². The van der Waals surface area contributed by atoms with E-state index in [-0.39, 0.29) is 0 Å². The molecule has 2 aromatic heterocycles. The third-order valence-electron chi connectivity index (χ3n) is 4.02. The molecule has 0 spiro atoms. The molecule has 6 nitrogen and oxygen atoms in total. The van der Waals surface area contributed by atoms with Gasteiger partial charge in [-0.3, -0.25) is 4.79 Å². The minimum absolute atomic E-state index is 0.428. The summed E-state index contributed by atoms with van der Waals surface area (Å²) in [6.45, 7) is 0.690. The molecule has 0 saturated carbocycles. The van der Waals surface area contributed by atoms with Crippen molar-refractivity contribution >= 4 is 45.6 Å². The summed E-state index contributed by atoms with van der Waals surface area (Å²) < 4.78 is 0. The highest BCUT2D eigenvalue weighted by Crippen LogP contribution is 2.24. The molecule has 4 rings (SSSR count). The molecule has 0 aliphatic heterocycles. The van der Waals surface area contributed by atoms with Crippen molar-refractivity contribution in [1.29, 1.82) is 0 Å². The highest BCUT2D eigenvalue weighted by molar-refractivity contribution is 7.09. The average molecular weight is 375 g/mol. The number of anilines is 3. The van der Waals surface area contributed by atoms with Gasteiger partial charge in [0, 0.05) is 21.5 Å². The summed E-state index contributed by atoms with van der Waals surface area (Å²) in [6.07, 6.45) is 0. The second-order valence-electron chi connectivity index (χ2n) is 5.92. The lowest BCUT2D eigenvalue weighted by atomic mass is 10.2. The summed E-state index contributed by atoms with van der Waals surface area (Å²) in [7, 11) is 0. The number of thiophene rings is 1. The van der Waals surface area contributed by atoms with Crippen LogP contribution in [-0.4, -0.2) is 15.9 Å². The number of fused-ring (bicyclic) bond motifs is 1. The number of carbonyl (C=O) groups is 1. The largest absolute Gasteiger partial charge is 0.366 e. The van der Waals surface area contributed by atoms with E-state index in [1.807, 2.05) is 41.8 Å². The Hall–Kier alpha value is -3.45. The standard InChI is InChI=1S/C20H17N5OS/c21-18(26)13-5-3-6-14(11-13)23-20-24-17-9-2-1-8-16(17)19(25-20)22-12-15-7-4-10-27-15/h1-11H,12H2,(H2,21,26)(H2,22,23,24,25). The molecule has 0 atom stereocenters. The van der Waals surface area contributed by atoms with Crippen LogP contribution in [0.1, 0.15) is 15.2 Å². The zero-order valence-electron chi connectivity index (χ0n) is 14.3. The molecule has 1 amide bonds. The maximum atomic E-state index is 11.4. The van der Waals surface area contributed by atoms with Gasteiger partial charge in [-0.2, -0.15) is 4.98 Å². The van der Waals surface area contributed by atoms with Gasteiger partial charge in [-0.15, -0.1) is 11.3 Å². The fraction of sp³-hybridized carbons (Fsp3) is 0.0500. The number of nitrogens with zero attached hydrogens (tertiary/aromatic N) is 2. The molecular formula is C20H17N5OS. The number of carbonyl (C=O) groups excluding carboxylic acids is 1. The van der Waals surface area contributed by atoms with Gasteiger partial charge in [0.1, 0.15) is 5.82 Å². The number of hydrogen-bond donors (Lipinski definition) is 3. The number of rotatable bonds is 6. The van der Waals surface area contributed by atoms with E-state index in [0.717, 1.165) is 16.7 Å². The molecule has 0 bridgehead atoms. The molecule has 0 aliphatic rings. The zero-order valence-corrected chi connectivity index (χ0v) is 15.2. The van der Waals surface area contributed by atoms with Crippen LogP contribution >= 0.6 is 11.3 Å². The number of para-hydroxylation sites is 1. The number of aromatic nitrogens is 2. The average Bonchev–Trinajstić information content (AvgIpc) is 3.20. The van der Waals surface area contributed by atoms with E-state index < -0.39 is 5.91 Å². The van der Waals surface area contributed by atoms with Crippen molar-refractivity contribution < 1.29 is 4.79 Å². The molecule has 0 aliphatic carbocycles. The monoisotopic (exact) mass is 375 g/mol. The van der Waals surface area contributed by atoms with Crippen LogP contribution in [0.15, 0.2) is 66.0 Å². The van der Waals surface area contributed by atoms with Crippen LogP contribution in [0, 0.1) is 0 Å². The molecule has 2 heterocycles. The number of hydrogen-bond acceptors (Lipinski definition) is 6. The first-order valence-corrected chi connectivity index (χ1v) is 9.27. The summed E-state index contributed by atoms with van der Waals surface area (Å²) in [6, 6.07) is 18.9. The molecular weight excluding hydrogens is 358 g/mol. The van der Waals surface area contributed by atoms with Crippen molar-refractivity contribution in [3.63, 3.8) is 0 Å². The minimum Gasteiger partial charge on any atom is -0.366 e. The Kier molecular flexibility index (Phi) is 4.67. The van der Waals surface area contributed by atoms with E-state index in [1.54, 1.807) is 29.5 Å². The van der Waals surface area contributed by atoms with Crippen LogP contribution in [0.4, 0.5) is 17.5 Å². The van der Waals surface area contributed by atoms with Crippen LogP contribution in [-0.2, 0) is 6.54 Å². The van der Waals surface area contributed by atoms with Crippen molar-refractivity contribution in [2.75, 3.05) is 10.6 Å². The Morgan fingerprint density at radius 1 is 1.04 bits per heavy atom. The summed E-state index contributed by atoms with van der Waals surface area (Å²) >= 11 is 1.69. The van der Waals surface area contributed by atoms with E-state index in [1.165, 1.54) is 4.88 Å². The molecule has 0 fully saturated rings. The molecule has 134 valence electrons. The van der Waals surface area contributed by atoms with Gasteiger partial charge >= 0.3 is 0 Å². The van der Waals surface area contributed by atoms with Crippen LogP contribution in [0.3, 0.4) is 0 Å². The van der Waals surface area contributed by atoms with Crippen molar-refractivity contribution in [2.45, 2.75) is 6.54 Å². The van der Waals surface area contributed by atoms with Gasteiger partial charge in [-0.1, -0.05) is 24.3 Å². The predicted octanol–water partition coefficient (Wildman–Crippen LogP) is 4.15. The van der Waals surface area contributed by atoms with Crippen molar-refractivity contribution in [3.05, 3.63) is 76.5 Å². The van der Waals surface area contributed by atoms with E-state index >= 15 is 0 Å². The maximum absolute atomic E-state index is 11.4. The number of nitrogens with one attached hydrogen (secondary N) is 2. The third kappa shape index (κ3) is 3.88. The predicted molar refractivity (Wildman–Crippen MR) is 109 cm³/mol. The summed E-state index contributed by atoms with van der Waals surface area (Å²) in [5, 5.41) is 9.55. The first-order chi connectivity index (χ1) is 13.2. The van der Waals surface area contributed by atoms with Gasteiger partial charge in [-0.25, -0.2) is 4.98 Å². The van der Waals surface area contributed by atoms with Crippen LogP contribution in [0.5, 0.6) is 0 Å². The van der Waals surface area contributed by atoms with Gasteiger partial charge in [-0.05, 0) is 41.8 Å². The van der Waals surface area contributed by atoms with Crippen LogP contribution < -0.4 is 16.4 Å². The quantitative estimate of drug-likeness (QED) is 0.471. The fourth-order valence-electron chi connectivity index (χ4n) is 2.73. The third-order valence-corrected chi connectivity index (χ3v) is 4.89. The van der Waals surface area contributed by atoms with Gasteiger partial charge in [0.2, 0.25) is 11.9 Å². The normalized spacial score (nSPS) is 10.7. The Morgan fingerprint density at radius 3 is 2.74 bits per heavy atom. The number of amides is 1. The van der Waals surface area contributed by atoms with Gasteiger partial charge < -0.3 is 16.4 Å². The topological polar surface area (TPSA) is 92.9 Å². The first-order valence-electron chi connectivity index (χ1n) is 8.39. The maximum Gasteiger partial charge on any atom is 0.248 e. The van der Waals surface area contributed by atoms with Crippen molar-refractivity contribution in [3.8, 4) is 0 Å². The number of primary amides is 1. The second-order valence-corrected chi connectivity index (χ2v) is 6.95. The molecule has 7 heteroatoms. The number of nitrogens with two attached hydrogens (primary N) is 1. The van der Waals surface area contributed by atoms with E-state index in [0.29, 0.717) is 23.7 Å². The second kappa shape index (κ2) is 7.43. The fourth-order valence-corrected chi connectivity index (χ4v) is 3.38. The Morgan fingerprint density at radius 2 is 1.93 bits per heavy atom. The number of benzene rings is 2. The molecule has 4 aromatic rings. The van der Waals surface area contributed by atoms with E-state index in [2.05, 4.69) is 26.7 Å². The molecule has 0 radical (unpaired) electrons. The first kappa shape index (κ1) is 17.0. The van der Waals surface area contributed by atoms with E-state index in [4.69, 9.17) is 5.73 Å². The molecule has 0 unspecified atom stereocenters. The zero-order chi connectivity index (χ0) is 18.6. The van der Waals surface area contributed by atoms with Crippen LogP contribution in [0.25, 0.3) is 10.9 Å². The Labute approximate surface area is 160 Å². The highest BCUT2D eigenvalue weighted by atomic mass is 32.1. The summed E-state index contributed by atoms with van der Waals surface area (Å²) in [4.78, 5) is 21.8. The smallest absolute Gasteiger partial charge is 0.248 e. The Balaban J connectivity index is 1.66. The van der Waals surface area contributed by atoms with E-state index in [9.17, 15) is 4.79 Å². The van der Waals surface area contributed by atoms with Gasteiger partial charge in [0.25, 0.3) is 0 Å². The van der Waals surface area contributed by atoms with Gasteiger partial charge in [0.15, 0.2) is 0 Å². The minimum atomic E-state index is -0.476. The Bertz CT molecular complexity index is 1090. The lowest BCUT2D eigenvalue weighted by Gasteiger charge is -2.12. The summed E-state index contributed by atoms with van der Waals surface area (Å²) in [5.41, 5.74) is 7.31. The van der Waals surface area contributed by atoms with Crippen molar-refractivity contribution in [1.82, 2.24) is 9.97 Å². The SMILES string of the molecule is NC(=O)c1cccc(Nc2nc(NCc3cccs3)c3ccccc3n2)c1. The molecule has 4 N–H and O–H groups in total. The highest BCUT2D eigenvalue weighted by Gasteiger charge is 2.09. The molecule has 2 aromatic carbocycles. The summed E-state index contributed by atoms with van der Waals surface area (Å²) in [5.74, 6) is 0.725. The lowest BCUT2D eigenvalue weighted by Crippen LogP contribution is -2.11. The molecule has 0 saturated heterocycles. The lowest BCUT2D eigenvalue weighted by molar-refractivity contribution is 0.100. The van der Waals surface area contributed by atoms with Crippen LogP contribution in [0.2, 0.25) is 0 Å². The van der Waals surface area contributed by atoms with Gasteiger partial charge in [0.05, 0.1) is 12.1 Å².